The third kappa shape index (κ3) is 2.41. The minimum atomic E-state index is 0.288. The Morgan fingerprint density at radius 1 is 0.857 bits per heavy atom. The SMILES string of the molecule is Cc1ccccc1C[C@]1(C)CCC[C@]1(C)c1ccccc1. The summed E-state index contributed by atoms with van der Waals surface area (Å²) in [7, 11) is 0. The number of rotatable bonds is 3. The number of benzene rings is 2. The second-order valence-electron chi connectivity index (χ2n) is 7.22. The van der Waals surface area contributed by atoms with Gasteiger partial charge in [-0.2, -0.15) is 0 Å². The van der Waals surface area contributed by atoms with Crippen molar-refractivity contribution >= 4 is 0 Å². The molecule has 1 fully saturated rings. The molecule has 0 heteroatoms. The Kier molecular flexibility index (Phi) is 3.65. The van der Waals surface area contributed by atoms with Crippen LogP contribution in [0, 0.1) is 12.3 Å². The lowest BCUT2D eigenvalue weighted by Crippen LogP contribution is -2.38. The van der Waals surface area contributed by atoms with Crippen LogP contribution in [0.1, 0.15) is 49.8 Å². The Hall–Kier alpha value is -1.56. The highest BCUT2D eigenvalue weighted by molar-refractivity contribution is 5.33. The molecule has 2 aromatic carbocycles. The third-order valence-electron chi connectivity index (χ3n) is 5.99. The lowest BCUT2D eigenvalue weighted by Gasteiger charge is -2.42. The molecule has 0 saturated heterocycles. The minimum absolute atomic E-state index is 0.288. The van der Waals surface area contributed by atoms with Crippen molar-refractivity contribution in [2.24, 2.45) is 5.41 Å². The maximum Gasteiger partial charge on any atom is -0.00183 e. The summed E-state index contributed by atoms with van der Waals surface area (Å²) in [6.07, 6.45) is 5.16. The summed E-state index contributed by atoms with van der Waals surface area (Å²) < 4.78 is 0. The van der Waals surface area contributed by atoms with Crippen molar-refractivity contribution < 1.29 is 0 Å². The maximum absolute atomic E-state index is 2.50. The van der Waals surface area contributed by atoms with Gasteiger partial charge in [0.05, 0.1) is 0 Å². The van der Waals surface area contributed by atoms with E-state index in [0.717, 1.165) is 0 Å². The molecular weight excluding hydrogens is 252 g/mol. The number of hydrogen-bond acceptors (Lipinski definition) is 0. The van der Waals surface area contributed by atoms with Crippen LogP contribution in [0.25, 0.3) is 0 Å². The second kappa shape index (κ2) is 5.33. The van der Waals surface area contributed by atoms with Crippen LogP contribution in [-0.2, 0) is 11.8 Å². The van der Waals surface area contributed by atoms with Gasteiger partial charge in [-0.3, -0.25) is 0 Å². The van der Waals surface area contributed by atoms with Crippen molar-refractivity contribution in [3.05, 3.63) is 71.3 Å². The fraction of sp³-hybridized carbons (Fsp3) is 0.429. The zero-order valence-corrected chi connectivity index (χ0v) is 13.5. The van der Waals surface area contributed by atoms with Gasteiger partial charge in [0.1, 0.15) is 0 Å². The Bertz CT molecular complexity index is 613. The van der Waals surface area contributed by atoms with Gasteiger partial charge >= 0.3 is 0 Å². The van der Waals surface area contributed by atoms with Crippen LogP contribution < -0.4 is 0 Å². The molecule has 1 aliphatic carbocycles. The van der Waals surface area contributed by atoms with Crippen molar-refractivity contribution in [3.63, 3.8) is 0 Å². The molecule has 0 heterocycles. The highest BCUT2D eigenvalue weighted by atomic mass is 14.5. The molecule has 2 aromatic rings. The van der Waals surface area contributed by atoms with Gasteiger partial charge in [0.15, 0.2) is 0 Å². The van der Waals surface area contributed by atoms with E-state index in [1.165, 1.54) is 42.4 Å². The van der Waals surface area contributed by atoms with E-state index in [9.17, 15) is 0 Å². The van der Waals surface area contributed by atoms with Crippen LogP contribution >= 0.6 is 0 Å². The predicted molar refractivity (Wildman–Crippen MR) is 90.6 cm³/mol. The van der Waals surface area contributed by atoms with Gasteiger partial charge in [-0.25, -0.2) is 0 Å². The summed E-state index contributed by atoms with van der Waals surface area (Å²) in [5.74, 6) is 0. The van der Waals surface area contributed by atoms with E-state index in [1.807, 2.05) is 0 Å². The Morgan fingerprint density at radius 3 is 2.24 bits per heavy atom. The molecule has 0 spiro atoms. The topological polar surface area (TPSA) is 0 Å². The average molecular weight is 278 g/mol. The minimum Gasteiger partial charge on any atom is -0.0622 e. The lowest BCUT2D eigenvalue weighted by molar-refractivity contribution is 0.194. The van der Waals surface area contributed by atoms with Gasteiger partial charge in [-0.05, 0) is 53.7 Å². The van der Waals surface area contributed by atoms with Gasteiger partial charge in [-0.15, -0.1) is 0 Å². The van der Waals surface area contributed by atoms with E-state index in [4.69, 9.17) is 0 Å². The van der Waals surface area contributed by atoms with Crippen LogP contribution in [-0.4, -0.2) is 0 Å². The van der Waals surface area contributed by atoms with Gasteiger partial charge in [0.2, 0.25) is 0 Å². The summed E-state index contributed by atoms with van der Waals surface area (Å²) in [5, 5.41) is 0. The third-order valence-corrected chi connectivity index (χ3v) is 5.99. The van der Waals surface area contributed by atoms with Crippen molar-refractivity contribution in [1.82, 2.24) is 0 Å². The normalized spacial score (nSPS) is 28.7. The van der Waals surface area contributed by atoms with Crippen molar-refractivity contribution in [2.75, 3.05) is 0 Å². The predicted octanol–water partition coefficient (Wildman–Crippen LogP) is 5.69. The maximum atomic E-state index is 2.50. The molecule has 110 valence electrons. The molecule has 3 rings (SSSR count). The number of hydrogen-bond donors (Lipinski definition) is 0. The van der Waals surface area contributed by atoms with Crippen molar-refractivity contribution in [1.29, 1.82) is 0 Å². The van der Waals surface area contributed by atoms with Crippen molar-refractivity contribution in [3.8, 4) is 0 Å². The molecule has 0 bridgehead atoms. The van der Waals surface area contributed by atoms with E-state index in [0.29, 0.717) is 5.41 Å². The molecule has 0 unspecified atom stereocenters. The fourth-order valence-corrected chi connectivity index (χ4v) is 4.22. The molecule has 0 aliphatic heterocycles. The molecule has 21 heavy (non-hydrogen) atoms. The highest BCUT2D eigenvalue weighted by Gasteiger charge is 2.49. The lowest BCUT2D eigenvalue weighted by atomic mass is 9.61. The van der Waals surface area contributed by atoms with Crippen LogP contribution in [0.4, 0.5) is 0 Å². The molecular formula is C21H26. The first-order valence-corrected chi connectivity index (χ1v) is 8.15. The first-order valence-electron chi connectivity index (χ1n) is 8.15. The summed E-state index contributed by atoms with van der Waals surface area (Å²) in [4.78, 5) is 0. The smallest absolute Gasteiger partial charge is 0.00183 e. The van der Waals surface area contributed by atoms with Crippen molar-refractivity contribution in [2.45, 2.75) is 51.9 Å². The van der Waals surface area contributed by atoms with Crippen LogP contribution in [0.15, 0.2) is 54.6 Å². The van der Waals surface area contributed by atoms with Gasteiger partial charge in [-0.1, -0.05) is 74.9 Å². The van der Waals surface area contributed by atoms with E-state index in [-0.39, 0.29) is 5.41 Å². The Labute approximate surface area is 129 Å². The Balaban J connectivity index is 1.98. The summed E-state index contributed by atoms with van der Waals surface area (Å²) in [5.41, 5.74) is 5.10. The van der Waals surface area contributed by atoms with Crippen LogP contribution in [0.5, 0.6) is 0 Å². The van der Waals surface area contributed by atoms with E-state index in [2.05, 4.69) is 75.4 Å². The first kappa shape index (κ1) is 14.4. The van der Waals surface area contributed by atoms with Crippen LogP contribution in [0.2, 0.25) is 0 Å². The molecule has 1 aliphatic rings. The second-order valence-corrected chi connectivity index (χ2v) is 7.22. The summed E-state index contributed by atoms with van der Waals surface area (Å²) in [6, 6.07) is 20.0. The standard InChI is InChI=1S/C21H26/c1-17-10-7-8-11-18(17)16-20(2)14-9-15-21(20,3)19-12-5-4-6-13-19/h4-8,10-13H,9,14-16H2,1-3H3/t20-,21+/m0/s1. The Morgan fingerprint density at radius 2 is 1.52 bits per heavy atom. The average Bonchev–Trinajstić information content (AvgIpc) is 2.79. The highest BCUT2D eigenvalue weighted by Crippen LogP contribution is 2.55. The zero-order valence-electron chi connectivity index (χ0n) is 13.5. The molecule has 0 amide bonds. The molecule has 0 N–H and O–H groups in total. The van der Waals surface area contributed by atoms with E-state index in [1.54, 1.807) is 0 Å². The van der Waals surface area contributed by atoms with Crippen LogP contribution in [0.3, 0.4) is 0 Å². The molecule has 1 saturated carbocycles. The molecule has 2 atom stereocenters. The van der Waals surface area contributed by atoms with E-state index < -0.39 is 0 Å². The summed E-state index contributed by atoms with van der Waals surface area (Å²) in [6.45, 7) is 7.22. The summed E-state index contributed by atoms with van der Waals surface area (Å²) >= 11 is 0. The zero-order chi connectivity index (χ0) is 14.9. The first-order chi connectivity index (χ1) is 10.1. The fourth-order valence-electron chi connectivity index (χ4n) is 4.22. The monoisotopic (exact) mass is 278 g/mol. The van der Waals surface area contributed by atoms with E-state index >= 15 is 0 Å². The van der Waals surface area contributed by atoms with Gasteiger partial charge in [0, 0.05) is 0 Å². The van der Waals surface area contributed by atoms with Gasteiger partial charge < -0.3 is 0 Å². The van der Waals surface area contributed by atoms with Gasteiger partial charge in [0.25, 0.3) is 0 Å². The molecule has 0 nitrogen and oxygen atoms in total. The molecule has 0 aromatic heterocycles. The number of aryl methyl sites for hydroxylation is 1. The molecule has 0 radical (unpaired) electrons. The largest absolute Gasteiger partial charge is 0.0622 e. The quantitative estimate of drug-likeness (QED) is 0.677.